The first kappa shape index (κ1) is 13.8. The number of benzene rings is 1. The summed E-state index contributed by atoms with van der Waals surface area (Å²) >= 11 is 1.45. The first-order chi connectivity index (χ1) is 11.1. The number of nitrogens with one attached hydrogen (secondary N) is 1. The average Bonchev–Trinajstić information content (AvgIpc) is 3.09. The third-order valence-electron chi connectivity index (χ3n) is 3.51. The van der Waals surface area contributed by atoms with Crippen molar-refractivity contribution in [2.45, 2.75) is 13.8 Å². The lowest BCUT2D eigenvalue weighted by Crippen LogP contribution is -2.14. The highest BCUT2D eigenvalue weighted by molar-refractivity contribution is 7.22. The van der Waals surface area contributed by atoms with Gasteiger partial charge in [0.25, 0.3) is 5.91 Å². The zero-order valence-corrected chi connectivity index (χ0v) is 13.4. The van der Waals surface area contributed by atoms with Gasteiger partial charge in [-0.05, 0) is 37.6 Å². The maximum absolute atomic E-state index is 12.4. The van der Waals surface area contributed by atoms with Gasteiger partial charge < -0.3 is 0 Å². The van der Waals surface area contributed by atoms with E-state index >= 15 is 0 Å². The van der Waals surface area contributed by atoms with Crippen LogP contribution in [-0.4, -0.2) is 25.5 Å². The number of carbonyl (C=O) groups excluding carboxylic acids is 1. The fourth-order valence-corrected chi connectivity index (χ4v) is 3.36. The van der Waals surface area contributed by atoms with Crippen molar-refractivity contribution in [2.75, 3.05) is 5.32 Å². The molecule has 0 saturated heterocycles. The molecule has 1 amide bonds. The lowest BCUT2D eigenvalue weighted by molar-refractivity contribution is 0.102. The van der Waals surface area contributed by atoms with Crippen molar-refractivity contribution >= 4 is 38.2 Å². The molecule has 0 saturated carbocycles. The normalized spacial score (nSPS) is 11.2. The summed E-state index contributed by atoms with van der Waals surface area (Å²) in [6.07, 6.45) is 1.78. The summed E-state index contributed by atoms with van der Waals surface area (Å²) in [7, 11) is 0. The van der Waals surface area contributed by atoms with Gasteiger partial charge >= 0.3 is 0 Å². The van der Waals surface area contributed by atoms with Crippen LogP contribution in [0.2, 0.25) is 0 Å². The molecule has 3 aromatic heterocycles. The Morgan fingerprint density at radius 2 is 2.04 bits per heavy atom. The van der Waals surface area contributed by atoms with Gasteiger partial charge in [0.1, 0.15) is 5.69 Å². The van der Waals surface area contributed by atoms with Gasteiger partial charge in [0.05, 0.1) is 22.1 Å². The Kier molecular flexibility index (Phi) is 3.09. The fraction of sp³-hybridized carbons (Fsp3) is 0.125. The average molecular weight is 323 g/mol. The first-order valence-corrected chi connectivity index (χ1v) is 7.92. The quantitative estimate of drug-likeness (QED) is 0.615. The number of para-hydroxylation sites is 1. The Bertz CT molecular complexity index is 1050. The number of amides is 1. The van der Waals surface area contributed by atoms with Crippen molar-refractivity contribution < 1.29 is 4.79 Å². The highest BCUT2D eigenvalue weighted by Crippen LogP contribution is 2.28. The highest BCUT2D eigenvalue weighted by atomic mass is 32.1. The third kappa shape index (κ3) is 2.44. The van der Waals surface area contributed by atoms with Crippen LogP contribution in [0, 0.1) is 13.8 Å². The predicted molar refractivity (Wildman–Crippen MR) is 90.0 cm³/mol. The molecule has 4 aromatic rings. The van der Waals surface area contributed by atoms with Crippen LogP contribution in [0.25, 0.3) is 15.9 Å². The topological polar surface area (TPSA) is 72.2 Å². The van der Waals surface area contributed by atoms with Crippen molar-refractivity contribution in [1.29, 1.82) is 0 Å². The number of rotatable bonds is 2. The number of imidazole rings is 1. The smallest absolute Gasteiger partial charge is 0.277 e. The monoisotopic (exact) mass is 323 g/mol. The largest absolute Gasteiger partial charge is 0.296 e. The standard InChI is InChI=1S/C16H13N5OS/c1-9-4-3-5-12-14(9)18-16(23-12)19-15(22)11-6-7-13-17-10(2)8-21(13)20-11/h3-8H,1-2H3,(H,18,19,22). The van der Waals surface area contributed by atoms with Crippen LogP contribution in [0.15, 0.2) is 36.5 Å². The summed E-state index contributed by atoms with van der Waals surface area (Å²) in [6.45, 7) is 3.89. The van der Waals surface area contributed by atoms with E-state index in [0.717, 1.165) is 27.1 Å². The van der Waals surface area contributed by atoms with Gasteiger partial charge in [-0.15, -0.1) is 0 Å². The van der Waals surface area contributed by atoms with E-state index in [-0.39, 0.29) is 5.91 Å². The molecular weight excluding hydrogens is 310 g/mol. The second-order valence-electron chi connectivity index (χ2n) is 5.30. The molecule has 0 bridgehead atoms. The van der Waals surface area contributed by atoms with Gasteiger partial charge in [0.15, 0.2) is 10.8 Å². The number of hydrogen-bond acceptors (Lipinski definition) is 5. The molecule has 0 unspecified atom stereocenters. The number of aryl methyl sites for hydroxylation is 2. The Morgan fingerprint density at radius 1 is 1.17 bits per heavy atom. The van der Waals surface area contributed by atoms with E-state index in [1.165, 1.54) is 11.3 Å². The second-order valence-corrected chi connectivity index (χ2v) is 6.33. The number of anilines is 1. The van der Waals surface area contributed by atoms with Crippen molar-refractivity contribution in [3.05, 3.63) is 53.5 Å². The van der Waals surface area contributed by atoms with Crippen LogP contribution < -0.4 is 5.32 Å². The molecule has 1 aromatic carbocycles. The summed E-state index contributed by atoms with van der Waals surface area (Å²) in [6, 6.07) is 9.42. The van der Waals surface area contributed by atoms with Crippen LogP contribution in [0.3, 0.4) is 0 Å². The van der Waals surface area contributed by atoms with Crippen molar-refractivity contribution in [2.24, 2.45) is 0 Å². The van der Waals surface area contributed by atoms with Crippen LogP contribution in [0.1, 0.15) is 21.7 Å². The van der Waals surface area contributed by atoms with Gasteiger partial charge in [-0.1, -0.05) is 23.5 Å². The molecule has 3 heterocycles. The van der Waals surface area contributed by atoms with Crippen molar-refractivity contribution in [3.8, 4) is 0 Å². The molecule has 6 nitrogen and oxygen atoms in total. The fourth-order valence-electron chi connectivity index (χ4n) is 2.42. The van der Waals surface area contributed by atoms with E-state index in [4.69, 9.17) is 0 Å². The molecule has 23 heavy (non-hydrogen) atoms. The number of fused-ring (bicyclic) bond motifs is 2. The van der Waals surface area contributed by atoms with Crippen molar-refractivity contribution in [3.63, 3.8) is 0 Å². The summed E-state index contributed by atoms with van der Waals surface area (Å²) in [5.74, 6) is -0.282. The number of hydrogen-bond donors (Lipinski definition) is 1. The lowest BCUT2D eigenvalue weighted by Gasteiger charge is -2.01. The number of thiazole rings is 1. The third-order valence-corrected chi connectivity index (χ3v) is 4.45. The summed E-state index contributed by atoms with van der Waals surface area (Å²) in [5, 5.41) is 7.67. The maximum Gasteiger partial charge on any atom is 0.277 e. The van der Waals surface area contributed by atoms with Gasteiger partial charge in [-0.25, -0.2) is 14.5 Å². The molecular formula is C16H13N5OS. The second kappa shape index (κ2) is 5.13. The van der Waals surface area contributed by atoms with E-state index in [0.29, 0.717) is 10.8 Å². The number of nitrogens with zero attached hydrogens (tertiary/aromatic N) is 4. The molecule has 0 spiro atoms. The van der Waals surface area contributed by atoms with E-state index in [1.54, 1.807) is 22.8 Å². The van der Waals surface area contributed by atoms with Gasteiger partial charge in [-0.2, -0.15) is 5.10 Å². The summed E-state index contributed by atoms with van der Waals surface area (Å²) < 4.78 is 2.65. The van der Waals surface area contributed by atoms with Gasteiger partial charge in [0, 0.05) is 0 Å². The van der Waals surface area contributed by atoms with Gasteiger partial charge in [-0.3, -0.25) is 10.1 Å². The van der Waals surface area contributed by atoms with Crippen molar-refractivity contribution in [1.82, 2.24) is 19.6 Å². The Morgan fingerprint density at radius 3 is 2.87 bits per heavy atom. The van der Waals surface area contributed by atoms with E-state index in [9.17, 15) is 4.79 Å². The zero-order valence-electron chi connectivity index (χ0n) is 12.6. The number of aromatic nitrogens is 4. The zero-order chi connectivity index (χ0) is 16.0. The van der Waals surface area contributed by atoms with Crippen LogP contribution in [0.5, 0.6) is 0 Å². The Hall–Kier alpha value is -2.80. The minimum Gasteiger partial charge on any atom is -0.296 e. The molecule has 7 heteroatoms. The maximum atomic E-state index is 12.4. The highest BCUT2D eigenvalue weighted by Gasteiger charge is 2.13. The lowest BCUT2D eigenvalue weighted by atomic mass is 10.2. The summed E-state index contributed by atoms with van der Waals surface area (Å²) in [4.78, 5) is 21.2. The van der Waals surface area contributed by atoms with Crippen LogP contribution in [-0.2, 0) is 0 Å². The van der Waals surface area contributed by atoms with E-state index < -0.39 is 0 Å². The van der Waals surface area contributed by atoms with Gasteiger partial charge in [0.2, 0.25) is 0 Å². The van der Waals surface area contributed by atoms with E-state index in [2.05, 4.69) is 20.4 Å². The Labute approximate surface area is 135 Å². The molecule has 4 rings (SSSR count). The molecule has 0 aliphatic carbocycles. The minimum atomic E-state index is -0.282. The summed E-state index contributed by atoms with van der Waals surface area (Å²) in [5.41, 5.74) is 3.91. The number of carbonyl (C=O) groups is 1. The molecule has 0 atom stereocenters. The SMILES string of the molecule is Cc1cn2nc(C(=O)Nc3nc4c(C)cccc4s3)ccc2n1. The molecule has 0 fully saturated rings. The van der Waals surface area contributed by atoms with Crippen LogP contribution in [0.4, 0.5) is 5.13 Å². The molecule has 0 radical (unpaired) electrons. The molecule has 114 valence electrons. The molecule has 1 N–H and O–H groups in total. The minimum absolute atomic E-state index is 0.282. The first-order valence-electron chi connectivity index (χ1n) is 7.11. The van der Waals surface area contributed by atoms with Crippen LogP contribution >= 0.6 is 11.3 Å². The van der Waals surface area contributed by atoms with E-state index in [1.807, 2.05) is 32.0 Å². The molecule has 0 aliphatic rings. The molecule has 0 aliphatic heterocycles. The Balaban J connectivity index is 1.65. The predicted octanol–water partition coefficient (Wildman–Crippen LogP) is 3.21.